The number of aryl methyl sites for hydroxylation is 1. The zero-order chi connectivity index (χ0) is 19.7. The molecule has 1 aromatic heterocycles. The molecule has 1 unspecified atom stereocenters. The largest absolute Gasteiger partial charge is 0.598 e. The van der Waals surface area contributed by atoms with Crippen molar-refractivity contribution in [2.45, 2.75) is 44.6 Å². The van der Waals surface area contributed by atoms with E-state index in [1.165, 1.54) is 0 Å². The van der Waals surface area contributed by atoms with Gasteiger partial charge >= 0.3 is 0 Å². The van der Waals surface area contributed by atoms with E-state index in [1.807, 2.05) is 75.4 Å². The number of hydrogen-bond donors (Lipinski definition) is 1. The van der Waals surface area contributed by atoms with Crippen LogP contribution in [0.4, 0.5) is 0 Å². The lowest BCUT2D eigenvalue weighted by Gasteiger charge is -2.17. The highest BCUT2D eigenvalue weighted by Gasteiger charge is 2.44. The lowest BCUT2D eigenvalue weighted by molar-refractivity contribution is 0.299. The van der Waals surface area contributed by atoms with Crippen molar-refractivity contribution in [3.05, 3.63) is 71.6 Å². The van der Waals surface area contributed by atoms with E-state index in [9.17, 15) is 4.55 Å². The molecular weight excluding hydrogens is 372 g/mol. The van der Waals surface area contributed by atoms with E-state index in [0.717, 1.165) is 34.8 Å². The third-order valence-electron chi connectivity index (χ3n) is 5.02. The third-order valence-corrected chi connectivity index (χ3v) is 6.69. The maximum atomic E-state index is 12.1. The number of benzene rings is 2. The molecule has 2 aromatic carbocycles. The Morgan fingerprint density at radius 2 is 1.89 bits per heavy atom. The molecule has 2 atom stereocenters. The molecule has 6 heteroatoms. The second-order valence-electron chi connectivity index (χ2n) is 7.65. The van der Waals surface area contributed by atoms with Gasteiger partial charge in [-0.05, 0) is 50.6 Å². The fraction of sp³-hybridized carbons (Fsp3) is 0.318. The van der Waals surface area contributed by atoms with E-state index in [-0.39, 0.29) is 10.8 Å². The average Bonchev–Trinajstić information content (AvgIpc) is 3.20. The standard InChI is InChI=1S/C22H24N2O3S/c1-15-20(23-21(27-15)17-7-5-4-6-8-17)14-26-18-11-9-16(10-12-18)19-13-22(2,3)28(25)24-19/h4-12,19,24H,13-14H2,1-3H3/t19-,28?/m0/s1. The lowest BCUT2D eigenvalue weighted by Crippen LogP contribution is -2.31. The average molecular weight is 397 g/mol. The van der Waals surface area contributed by atoms with Gasteiger partial charge in [0, 0.05) is 23.3 Å². The van der Waals surface area contributed by atoms with Crippen molar-refractivity contribution in [1.82, 2.24) is 9.71 Å². The van der Waals surface area contributed by atoms with Gasteiger partial charge in [0.1, 0.15) is 28.6 Å². The number of oxazole rings is 1. The normalized spacial score (nSPS) is 21.0. The highest BCUT2D eigenvalue weighted by atomic mass is 32.2. The molecule has 1 aliphatic heterocycles. The molecule has 5 nitrogen and oxygen atoms in total. The fourth-order valence-corrected chi connectivity index (χ4v) is 4.41. The Hall–Kier alpha value is -2.28. The molecular formula is C22H24N2O3S. The van der Waals surface area contributed by atoms with Crippen LogP contribution < -0.4 is 9.46 Å². The van der Waals surface area contributed by atoms with Crippen molar-refractivity contribution < 1.29 is 13.7 Å². The number of hydrogen-bond acceptors (Lipinski definition) is 5. The van der Waals surface area contributed by atoms with Gasteiger partial charge in [-0.2, -0.15) is 0 Å². The zero-order valence-electron chi connectivity index (χ0n) is 16.3. The molecule has 3 aromatic rings. The second kappa shape index (κ2) is 7.62. The topological polar surface area (TPSA) is 70.4 Å². The summed E-state index contributed by atoms with van der Waals surface area (Å²) in [5.74, 6) is 2.14. The summed E-state index contributed by atoms with van der Waals surface area (Å²) < 4.78 is 26.7. The molecule has 0 amide bonds. The Kier molecular flexibility index (Phi) is 5.19. The number of rotatable bonds is 5. The Balaban J connectivity index is 1.40. The molecule has 1 fully saturated rings. The number of ether oxygens (including phenoxy) is 1. The Morgan fingerprint density at radius 3 is 2.54 bits per heavy atom. The van der Waals surface area contributed by atoms with Crippen LogP contribution in [0, 0.1) is 6.92 Å². The molecule has 1 N–H and O–H groups in total. The summed E-state index contributed by atoms with van der Waals surface area (Å²) in [7, 11) is 0. The van der Waals surface area contributed by atoms with E-state index >= 15 is 0 Å². The first-order chi connectivity index (χ1) is 13.4. The molecule has 0 radical (unpaired) electrons. The van der Waals surface area contributed by atoms with Gasteiger partial charge in [-0.25, -0.2) is 4.98 Å². The third kappa shape index (κ3) is 3.94. The Bertz CT molecular complexity index is 938. The van der Waals surface area contributed by atoms with Crippen molar-refractivity contribution in [2.24, 2.45) is 0 Å². The molecule has 0 bridgehead atoms. The minimum atomic E-state index is -1.01. The van der Waals surface area contributed by atoms with Gasteiger partial charge in [0.25, 0.3) is 0 Å². The van der Waals surface area contributed by atoms with Crippen LogP contribution in [-0.2, 0) is 18.0 Å². The predicted molar refractivity (Wildman–Crippen MR) is 110 cm³/mol. The van der Waals surface area contributed by atoms with Gasteiger partial charge in [-0.15, -0.1) is 4.72 Å². The van der Waals surface area contributed by atoms with Crippen molar-refractivity contribution in [2.75, 3.05) is 0 Å². The number of nitrogens with zero attached hydrogens (tertiary/aromatic N) is 1. The smallest absolute Gasteiger partial charge is 0.226 e. The minimum Gasteiger partial charge on any atom is -0.598 e. The summed E-state index contributed by atoms with van der Waals surface area (Å²) in [6, 6.07) is 17.9. The highest BCUT2D eigenvalue weighted by Crippen LogP contribution is 2.37. The molecule has 0 saturated carbocycles. The van der Waals surface area contributed by atoms with Crippen LogP contribution in [0.25, 0.3) is 11.5 Å². The van der Waals surface area contributed by atoms with Crippen LogP contribution in [0.1, 0.15) is 43.3 Å². The first-order valence-corrected chi connectivity index (χ1v) is 10.5. The van der Waals surface area contributed by atoms with E-state index in [2.05, 4.69) is 9.71 Å². The fourth-order valence-electron chi connectivity index (χ4n) is 3.30. The van der Waals surface area contributed by atoms with Crippen molar-refractivity contribution in [1.29, 1.82) is 0 Å². The van der Waals surface area contributed by atoms with E-state index in [4.69, 9.17) is 9.15 Å². The van der Waals surface area contributed by atoms with Gasteiger partial charge in [0.05, 0.1) is 6.04 Å². The van der Waals surface area contributed by atoms with Gasteiger partial charge in [0.2, 0.25) is 5.89 Å². The van der Waals surface area contributed by atoms with Crippen molar-refractivity contribution in [3.8, 4) is 17.2 Å². The summed E-state index contributed by atoms with van der Waals surface area (Å²) in [5.41, 5.74) is 2.86. The van der Waals surface area contributed by atoms with E-state index in [1.54, 1.807) is 0 Å². The number of aromatic nitrogens is 1. The van der Waals surface area contributed by atoms with E-state index in [0.29, 0.717) is 12.5 Å². The van der Waals surface area contributed by atoms with Gasteiger partial charge in [-0.1, -0.05) is 30.3 Å². The van der Waals surface area contributed by atoms with E-state index < -0.39 is 11.4 Å². The molecule has 146 valence electrons. The lowest BCUT2D eigenvalue weighted by atomic mass is 9.97. The second-order valence-corrected chi connectivity index (χ2v) is 9.53. The van der Waals surface area contributed by atoms with Gasteiger partial charge in [-0.3, -0.25) is 0 Å². The predicted octanol–water partition coefficient (Wildman–Crippen LogP) is 4.71. The highest BCUT2D eigenvalue weighted by molar-refractivity contribution is 7.91. The SMILES string of the molecule is Cc1oc(-c2ccccc2)nc1COc1ccc([C@@H]2CC(C)(C)[S+]([O-])N2)cc1. The monoisotopic (exact) mass is 396 g/mol. The van der Waals surface area contributed by atoms with Crippen LogP contribution in [0.2, 0.25) is 0 Å². The summed E-state index contributed by atoms with van der Waals surface area (Å²) in [6.45, 7) is 6.30. The molecule has 0 spiro atoms. The van der Waals surface area contributed by atoms with Crippen molar-refractivity contribution >= 4 is 11.4 Å². The molecule has 0 aliphatic carbocycles. The number of nitrogens with one attached hydrogen (secondary N) is 1. The van der Waals surface area contributed by atoms with Crippen LogP contribution in [-0.4, -0.2) is 14.3 Å². The Labute approximate surface area is 168 Å². The first-order valence-electron chi connectivity index (χ1n) is 9.35. The Morgan fingerprint density at radius 1 is 1.18 bits per heavy atom. The molecule has 4 rings (SSSR count). The molecule has 28 heavy (non-hydrogen) atoms. The summed E-state index contributed by atoms with van der Waals surface area (Å²) >= 11 is -1.01. The van der Waals surface area contributed by atoms with Crippen LogP contribution in [0.15, 0.2) is 59.0 Å². The van der Waals surface area contributed by atoms with Gasteiger partial charge in [0.15, 0.2) is 0 Å². The summed E-state index contributed by atoms with van der Waals surface area (Å²) in [6.07, 6.45) is 0.847. The quantitative estimate of drug-likeness (QED) is 0.633. The maximum absolute atomic E-state index is 12.1. The van der Waals surface area contributed by atoms with Crippen LogP contribution >= 0.6 is 0 Å². The summed E-state index contributed by atoms with van der Waals surface area (Å²) in [5, 5.41) is 0. The van der Waals surface area contributed by atoms with Crippen molar-refractivity contribution in [3.63, 3.8) is 0 Å². The molecule has 1 aliphatic rings. The first kappa shape index (κ1) is 19.1. The zero-order valence-corrected chi connectivity index (χ0v) is 17.1. The van der Waals surface area contributed by atoms with Gasteiger partial charge < -0.3 is 13.7 Å². The molecule has 1 saturated heterocycles. The minimum absolute atomic E-state index is 0.107. The maximum Gasteiger partial charge on any atom is 0.226 e. The van der Waals surface area contributed by atoms with Crippen LogP contribution in [0.5, 0.6) is 5.75 Å². The van der Waals surface area contributed by atoms with Crippen LogP contribution in [0.3, 0.4) is 0 Å². The molecule has 2 heterocycles. The summed E-state index contributed by atoms with van der Waals surface area (Å²) in [4.78, 5) is 4.56.